The molecule has 2 fully saturated rings. The summed E-state index contributed by atoms with van der Waals surface area (Å²) in [6.07, 6.45) is 9.06. The van der Waals surface area contributed by atoms with Gasteiger partial charge in [-0.3, -0.25) is 4.79 Å². The fourth-order valence-electron chi connectivity index (χ4n) is 6.43. The number of carbonyl (C=O) groups excluding carboxylic acids is 1. The highest BCUT2D eigenvalue weighted by Gasteiger charge is 2.34. The number of amides is 1. The Bertz CT molecular complexity index is 2000. The molecule has 0 radical (unpaired) electrons. The normalized spacial score (nSPS) is 16.5. The third-order valence-electron chi connectivity index (χ3n) is 8.86. The van der Waals surface area contributed by atoms with Crippen molar-refractivity contribution >= 4 is 45.0 Å². The molecule has 0 spiro atoms. The number of carbonyl (C=O) groups is 1. The lowest BCUT2D eigenvalue weighted by molar-refractivity contribution is -0.117. The fourth-order valence-corrected chi connectivity index (χ4v) is 8.09. The molecular formula is C36H32Cl2N4O3S. The van der Waals surface area contributed by atoms with Crippen LogP contribution in [0.5, 0.6) is 0 Å². The topological polar surface area (TPSA) is 84.3 Å². The van der Waals surface area contributed by atoms with Gasteiger partial charge in [-0.05, 0) is 83.5 Å². The van der Waals surface area contributed by atoms with Crippen LogP contribution in [0.15, 0.2) is 97.2 Å². The molecule has 234 valence electrons. The van der Waals surface area contributed by atoms with E-state index in [2.05, 4.69) is 48.5 Å². The summed E-state index contributed by atoms with van der Waals surface area (Å²) in [6.45, 7) is -0.252. The number of anilines is 1. The monoisotopic (exact) mass is 670 g/mol. The average Bonchev–Trinajstić information content (AvgIpc) is 3.60. The zero-order valence-electron chi connectivity index (χ0n) is 25.0. The number of halogens is 2. The molecule has 1 aliphatic carbocycles. The molecule has 1 N–H and O–H groups in total. The molecule has 7 rings (SSSR count). The number of hydrogen-bond donors (Lipinski definition) is 1. The minimum absolute atomic E-state index is 0.252. The maximum atomic E-state index is 12.4. The first kappa shape index (κ1) is 30.5. The van der Waals surface area contributed by atoms with E-state index in [-0.39, 0.29) is 6.54 Å². The Balaban J connectivity index is 1.17. The van der Waals surface area contributed by atoms with E-state index < -0.39 is 16.1 Å². The highest BCUT2D eigenvalue weighted by atomic mass is 35.5. The molecule has 5 aromatic rings. The van der Waals surface area contributed by atoms with E-state index in [1.807, 2.05) is 33.7 Å². The molecule has 4 aromatic carbocycles. The summed E-state index contributed by atoms with van der Waals surface area (Å²) in [7, 11) is -3.90. The zero-order valence-corrected chi connectivity index (χ0v) is 27.3. The molecule has 1 aromatic heterocycles. The van der Waals surface area contributed by atoms with Gasteiger partial charge in [0.25, 0.3) is 5.91 Å². The van der Waals surface area contributed by atoms with Crippen molar-refractivity contribution < 1.29 is 13.2 Å². The summed E-state index contributed by atoms with van der Waals surface area (Å²) in [4.78, 5) is 16.7. The summed E-state index contributed by atoms with van der Waals surface area (Å²) in [5.41, 5.74) is 7.52. The number of nitrogens with zero attached hydrogens (tertiary/aromatic N) is 3. The van der Waals surface area contributed by atoms with Gasteiger partial charge in [0.1, 0.15) is 12.4 Å². The van der Waals surface area contributed by atoms with E-state index in [0.717, 1.165) is 32.5 Å². The van der Waals surface area contributed by atoms with Crippen molar-refractivity contribution in [3.63, 3.8) is 0 Å². The van der Waals surface area contributed by atoms with Gasteiger partial charge in [0.05, 0.1) is 16.4 Å². The lowest BCUT2D eigenvalue weighted by Gasteiger charge is -2.22. The fraction of sp³-hybridized carbons (Fsp3) is 0.222. The number of nitrogens with one attached hydrogen (secondary N) is 1. The Kier molecular flexibility index (Phi) is 8.36. The van der Waals surface area contributed by atoms with Gasteiger partial charge in [-0.25, -0.2) is 14.0 Å². The maximum Gasteiger partial charge on any atom is 0.326 e. The van der Waals surface area contributed by atoms with Gasteiger partial charge < -0.3 is 4.57 Å². The number of aromatic nitrogens is 2. The minimum atomic E-state index is -3.90. The van der Waals surface area contributed by atoms with Crippen molar-refractivity contribution in [3.05, 3.63) is 124 Å². The van der Waals surface area contributed by atoms with Crippen molar-refractivity contribution in [2.45, 2.75) is 44.4 Å². The van der Waals surface area contributed by atoms with E-state index in [0.29, 0.717) is 33.8 Å². The number of rotatable bonds is 7. The van der Waals surface area contributed by atoms with Crippen molar-refractivity contribution in [2.24, 2.45) is 0 Å². The maximum absolute atomic E-state index is 12.4. The van der Waals surface area contributed by atoms with E-state index >= 15 is 0 Å². The summed E-state index contributed by atoms with van der Waals surface area (Å²) >= 11 is 12.7. The van der Waals surface area contributed by atoms with Crippen LogP contribution in [0, 0.1) is 0 Å². The van der Waals surface area contributed by atoms with Crippen LogP contribution >= 0.6 is 23.2 Å². The van der Waals surface area contributed by atoms with Crippen molar-refractivity contribution in [1.29, 1.82) is 0 Å². The molecule has 10 heteroatoms. The van der Waals surface area contributed by atoms with Gasteiger partial charge >= 0.3 is 10.2 Å². The Morgan fingerprint density at radius 1 is 0.804 bits per heavy atom. The smallest absolute Gasteiger partial charge is 0.303 e. The van der Waals surface area contributed by atoms with Crippen LogP contribution in [-0.4, -0.2) is 30.4 Å². The Hall–Kier alpha value is -4.11. The molecule has 0 unspecified atom stereocenters. The lowest BCUT2D eigenvalue weighted by atomic mass is 9.83. The third kappa shape index (κ3) is 6.30. The highest BCUT2D eigenvalue weighted by Crippen LogP contribution is 2.35. The minimum Gasteiger partial charge on any atom is -0.303 e. The van der Waals surface area contributed by atoms with Gasteiger partial charge in [-0.15, -0.1) is 0 Å². The summed E-state index contributed by atoms with van der Waals surface area (Å²) < 4.78 is 29.7. The van der Waals surface area contributed by atoms with Crippen LogP contribution in [-0.2, 0) is 21.4 Å². The van der Waals surface area contributed by atoms with Crippen LogP contribution in [0.25, 0.3) is 28.1 Å². The lowest BCUT2D eigenvalue weighted by Crippen LogP contribution is -2.29. The number of hydrogen-bond acceptors (Lipinski definition) is 4. The number of benzene rings is 4. The molecule has 1 saturated heterocycles. The van der Waals surface area contributed by atoms with Crippen LogP contribution in [0.3, 0.4) is 0 Å². The highest BCUT2D eigenvalue weighted by molar-refractivity contribution is 7.92. The van der Waals surface area contributed by atoms with Crippen LogP contribution in [0.1, 0.15) is 55.0 Å². The van der Waals surface area contributed by atoms with E-state index in [1.165, 1.54) is 43.2 Å². The molecule has 46 heavy (non-hydrogen) atoms. The van der Waals surface area contributed by atoms with Crippen molar-refractivity contribution in [1.82, 2.24) is 14.3 Å². The average molecular weight is 672 g/mol. The van der Waals surface area contributed by atoms with Crippen LogP contribution in [0.4, 0.5) is 5.69 Å². The molecule has 2 heterocycles. The van der Waals surface area contributed by atoms with Gasteiger partial charge in [0.15, 0.2) is 0 Å². The predicted molar refractivity (Wildman–Crippen MR) is 184 cm³/mol. The van der Waals surface area contributed by atoms with Gasteiger partial charge in [-0.1, -0.05) is 91.0 Å². The second-order valence-electron chi connectivity index (χ2n) is 11.9. The van der Waals surface area contributed by atoms with Crippen LogP contribution < -0.4 is 9.03 Å². The molecule has 2 aliphatic rings. The molecule has 1 saturated carbocycles. The Morgan fingerprint density at radius 2 is 1.46 bits per heavy atom. The second-order valence-corrected chi connectivity index (χ2v) is 14.4. The molecular weight excluding hydrogens is 639 g/mol. The van der Waals surface area contributed by atoms with Gasteiger partial charge in [0, 0.05) is 28.9 Å². The molecule has 0 bridgehead atoms. The molecule has 1 aliphatic heterocycles. The van der Waals surface area contributed by atoms with Crippen molar-refractivity contribution in [3.8, 4) is 28.1 Å². The largest absolute Gasteiger partial charge is 0.326 e. The Labute approximate surface area is 279 Å². The van der Waals surface area contributed by atoms with Crippen LogP contribution in [0.2, 0.25) is 10.0 Å². The van der Waals surface area contributed by atoms with Crippen molar-refractivity contribution in [2.75, 3.05) is 10.8 Å². The second kappa shape index (κ2) is 12.6. The first-order valence-electron chi connectivity index (χ1n) is 15.4. The van der Waals surface area contributed by atoms with E-state index in [1.54, 1.807) is 24.3 Å². The number of imidazole rings is 1. The quantitative estimate of drug-likeness (QED) is 0.189. The summed E-state index contributed by atoms with van der Waals surface area (Å²) in [5.74, 6) is 0.907. The standard InChI is InChI=1S/C36H32Cl2N4O3S/c37-29-14-19-32(33(38)21-29)34-22-41(30-15-17-31(18-16-30)42-23-36(43)40-46(42,44)45)35(39-34)20-24-6-8-26(9-7-24)28-12-10-27(11-13-28)25-4-2-1-3-5-25/h6-19,21-22,25H,1-5,20,23H2,(H,40,43). The Morgan fingerprint density at radius 3 is 2.09 bits per heavy atom. The first-order chi connectivity index (χ1) is 22.2. The SMILES string of the molecule is O=C1CN(c2ccc(-n3cc(-c4ccc(Cl)cc4Cl)nc3Cc3ccc(-c4ccc(C5CCCCC5)cc4)cc3)cc2)S(=O)(=O)N1. The van der Waals surface area contributed by atoms with E-state index in [9.17, 15) is 13.2 Å². The van der Waals surface area contributed by atoms with Gasteiger partial charge in [0.2, 0.25) is 0 Å². The summed E-state index contributed by atoms with van der Waals surface area (Å²) in [5, 5.41) is 1.03. The molecule has 1 amide bonds. The zero-order chi connectivity index (χ0) is 31.8. The molecule has 7 nitrogen and oxygen atoms in total. The van der Waals surface area contributed by atoms with E-state index in [4.69, 9.17) is 28.2 Å². The first-order valence-corrected chi connectivity index (χ1v) is 17.6. The molecule has 0 atom stereocenters. The van der Waals surface area contributed by atoms with Gasteiger partial charge in [-0.2, -0.15) is 8.42 Å². The third-order valence-corrected chi connectivity index (χ3v) is 10.8. The summed E-state index contributed by atoms with van der Waals surface area (Å²) in [6, 6.07) is 29.9. The predicted octanol–water partition coefficient (Wildman–Crippen LogP) is 8.33.